The van der Waals surface area contributed by atoms with E-state index in [-0.39, 0.29) is 30.0 Å². The second-order valence-electron chi connectivity index (χ2n) is 7.42. The third kappa shape index (κ3) is 3.85. The highest BCUT2D eigenvalue weighted by Crippen LogP contribution is 2.32. The zero-order valence-electron chi connectivity index (χ0n) is 16.7. The summed E-state index contributed by atoms with van der Waals surface area (Å²) in [6.07, 6.45) is 0.275. The number of pyridine rings is 1. The Kier molecular flexibility index (Phi) is 5.28. The maximum absolute atomic E-state index is 13.2. The number of hydrogen-bond acceptors (Lipinski definition) is 4. The van der Waals surface area contributed by atoms with E-state index < -0.39 is 0 Å². The van der Waals surface area contributed by atoms with E-state index >= 15 is 0 Å². The summed E-state index contributed by atoms with van der Waals surface area (Å²) < 4.78 is 0. The Morgan fingerprint density at radius 2 is 1.97 bits per heavy atom. The van der Waals surface area contributed by atoms with Gasteiger partial charge in [-0.05, 0) is 50.1 Å². The smallest absolute Gasteiger partial charge is 0.237 e. The number of carbonyl (C=O) groups is 2. The van der Waals surface area contributed by atoms with Crippen LogP contribution in [0.3, 0.4) is 0 Å². The number of nitrogens with zero attached hydrogens (tertiary/aromatic N) is 2. The van der Waals surface area contributed by atoms with E-state index in [1.54, 1.807) is 4.90 Å². The van der Waals surface area contributed by atoms with Gasteiger partial charge in [0, 0.05) is 17.8 Å². The molecule has 0 fully saturated rings. The van der Waals surface area contributed by atoms with Crippen molar-refractivity contribution in [1.29, 1.82) is 0 Å². The molecule has 2 amide bonds. The molecule has 1 aliphatic rings. The second kappa shape index (κ2) is 7.87. The molecule has 3 aromatic rings. The van der Waals surface area contributed by atoms with Gasteiger partial charge in [-0.15, -0.1) is 0 Å². The van der Waals surface area contributed by atoms with Gasteiger partial charge in [0.2, 0.25) is 11.8 Å². The van der Waals surface area contributed by atoms with Crippen LogP contribution in [0, 0.1) is 13.8 Å². The number of benzene rings is 2. The van der Waals surface area contributed by atoms with Crippen LogP contribution in [-0.4, -0.2) is 28.6 Å². The summed E-state index contributed by atoms with van der Waals surface area (Å²) in [6.45, 7) is 6.03. The maximum atomic E-state index is 13.2. The number of para-hydroxylation sites is 3. The van der Waals surface area contributed by atoms with Gasteiger partial charge in [0.05, 0.1) is 27.7 Å². The number of amides is 2. The highest BCUT2D eigenvalue weighted by Gasteiger charge is 2.29. The lowest BCUT2D eigenvalue weighted by Gasteiger charge is -2.27. The Bertz CT molecular complexity index is 1110. The van der Waals surface area contributed by atoms with Crippen molar-refractivity contribution in [3.63, 3.8) is 0 Å². The molecule has 29 heavy (non-hydrogen) atoms. The highest BCUT2D eigenvalue weighted by atomic mass is 32.2. The van der Waals surface area contributed by atoms with Crippen molar-refractivity contribution in [3.05, 3.63) is 59.7 Å². The third-order valence-corrected chi connectivity index (χ3v) is 6.09. The summed E-state index contributed by atoms with van der Waals surface area (Å²) in [7, 11) is 0. The van der Waals surface area contributed by atoms with E-state index in [9.17, 15) is 9.59 Å². The molecule has 1 N–H and O–H groups in total. The molecule has 1 atom stereocenters. The van der Waals surface area contributed by atoms with Crippen LogP contribution in [0.4, 0.5) is 11.4 Å². The van der Waals surface area contributed by atoms with Crippen LogP contribution in [-0.2, 0) is 9.59 Å². The van der Waals surface area contributed by atoms with E-state index in [1.807, 2.05) is 56.3 Å². The van der Waals surface area contributed by atoms with E-state index in [1.165, 1.54) is 11.8 Å². The fraction of sp³-hybridized carbons (Fsp3) is 0.261. The molecule has 2 heterocycles. The summed E-state index contributed by atoms with van der Waals surface area (Å²) in [5, 5.41) is 4.87. The molecule has 0 saturated carbocycles. The number of hydrogen-bond donors (Lipinski definition) is 1. The number of anilines is 2. The highest BCUT2D eigenvalue weighted by molar-refractivity contribution is 7.99. The molecule has 4 rings (SSSR count). The van der Waals surface area contributed by atoms with Gasteiger partial charge >= 0.3 is 0 Å². The third-order valence-electron chi connectivity index (χ3n) is 5.20. The van der Waals surface area contributed by atoms with Crippen molar-refractivity contribution in [3.8, 4) is 0 Å². The molecule has 0 saturated heterocycles. The standard InChI is InChI=1S/C23H23N3O2S/c1-14-7-6-8-17-15(2)11-21(25-23(14)17)29-13-22(28)26-16(3)12-20(27)24-18-9-4-5-10-19(18)26/h4-11,16H,12-13H2,1-3H3,(H,24,27). The van der Waals surface area contributed by atoms with Crippen LogP contribution in [0.15, 0.2) is 53.6 Å². The van der Waals surface area contributed by atoms with Crippen LogP contribution < -0.4 is 10.2 Å². The first-order valence-corrected chi connectivity index (χ1v) is 10.6. The Morgan fingerprint density at radius 1 is 1.17 bits per heavy atom. The van der Waals surface area contributed by atoms with E-state index in [0.717, 1.165) is 32.7 Å². The van der Waals surface area contributed by atoms with Crippen molar-refractivity contribution >= 4 is 45.9 Å². The van der Waals surface area contributed by atoms with Crippen molar-refractivity contribution in [1.82, 2.24) is 4.98 Å². The molecular weight excluding hydrogens is 382 g/mol. The van der Waals surface area contributed by atoms with Crippen LogP contribution >= 0.6 is 11.8 Å². The van der Waals surface area contributed by atoms with Crippen LogP contribution in [0.2, 0.25) is 0 Å². The van der Waals surface area contributed by atoms with Gasteiger partial charge in [0.15, 0.2) is 0 Å². The molecule has 5 nitrogen and oxygen atoms in total. The number of thioether (sulfide) groups is 1. The molecule has 0 spiro atoms. The summed E-state index contributed by atoms with van der Waals surface area (Å²) in [4.78, 5) is 31.8. The average Bonchev–Trinajstić information content (AvgIpc) is 2.81. The van der Waals surface area contributed by atoms with Crippen LogP contribution in [0.25, 0.3) is 10.9 Å². The molecule has 1 aliphatic heterocycles. The molecule has 6 heteroatoms. The minimum atomic E-state index is -0.208. The normalized spacial score (nSPS) is 16.3. The monoisotopic (exact) mass is 405 g/mol. The number of nitrogens with one attached hydrogen (secondary N) is 1. The Morgan fingerprint density at radius 3 is 2.79 bits per heavy atom. The molecule has 1 aromatic heterocycles. The molecule has 0 aliphatic carbocycles. The number of aryl methyl sites for hydroxylation is 2. The first-order valence-electron chi connectivity index (χ1n) is 9.65. The molecule has 2 aromatic carbocycles. The van der Waals surface area contributed by atoms with E-state index in [0.29, 0.717) is 5.69 Å². The summed E-state index contributed by atoms with van der Waals surface area (Å²) in [6, 6.07) is 15.4. The predicted octanol–water partition coefficient (Wildman–Crippen LogP) is 4.71. The molecule has 1 unspecified atom stereocenters. The van der Waals surface area contributed by atoms with Gasteiger partial charge in [-0.3, -0.25) is 9.59 Å². The van der Waals surface area contributed by atoms with Crippen molar-refractivity contribution < 1.29 is 9.59 Å². The minimum Gasteiger partial charge on any atom is -0.324 e. The van der Waals surface area contributed by atoms with Crippen LogP contribution in [0.1, 0.15) is 24.5 Å². The lowest BCUT2D eigenvalue weighted by Crippen LogP contribution is -2.40. The van der Waals surface area contributed by atoms with Gasteiger partial charge in [-0.25, -0.2) is 4.98 Å². The molecule has 0 bridgehead atoms. The predicted molar refractivity (Wildman–Crippen MR) is 119 cm³/mol. The van der Waals surface area contributed by atoms with Crippen LogP contribution in [0.5, 0.6) is 0 Å². The number of carbonyl (C=O) groups excluding carboxylic acids is 2. The van der Waals surface area contributed by atoms with Crippen molar-refractivity contribution in [2.24, 2.45) is 0 Å². The summed E-state index contributed by atoms with van der Waals surface area (Å²) in [5.41, 5.74) is 4.67. The quantitative estimate of drug-likeness (QED) is 0.641. The topological polar surface area (TPSA) is 62.3 Å². The lowest BCUT2D eigenvalue weighted by atomic mass is 10.1. The van der Waals surface area contributed by atoms with Gasteiger partial charge in [0.25, 0.3) is 0 Å². The Hall–Kier alpha value is -2.86. The lowest BCUT2D eigenvalue weighted by molar-refractivity contribution is -0.117. The first kappa shape index (κ1) is 19.5. The maximum Gasteiger partial charge on any atom is 0.237 e. The van der Waals surface area contributed by atoms with Gasteiger partial charge in [-0.2, -0.15) is 0 Å². The SMILES string of the molecule is Cc1cc(SCC(=O)N2c3ccccc3NC(=O)CC2C)nc2c(C)cccc12. The molecular formula is C23H23N3O2S. The fourth-order valence-electron chi connectivity index (χ4n) is 3.78. The number of aromatic nitrogens is 1. The zero-order chi connectivity index (χ0) is 20.5. The number of fused-ring (bicyclic) bond motifs is 2. The van der Waals surface area contributed by atoms with Gasteiger partial charge in [0.1, 0.15) is 0 Å². The van der Waals surface area contributed by atoms with Gasteiger partial charge in [-0.1, -0.05) is 42.1 Å². The second-order valence-corrected chi connectivity index (χ2v) is 8.41. The zero-order valence-corrected chi connectivity index (χ0v) is 17.5. The fourth-order valence-corrected chi connectivity index (χ4v) is 4.60. The Labute approximate surface area is 174 Å². The molecule has 148 valence electrons. The Balaban J connectivity index is 1.59. The number of rotatable bonds is 3. The average molecular weight is 406 g/mol. The largest absolute Gasteiger partial charge is 0.324 e. The van der Waals surface area contributed by atoms with E-state index in [4.69, 9.17) is 4.98 Å². The summed E-state index contributed by atoms with van der Waals surface area (Å²) in [5.74, 6) is 0.155. The van der Waals surface area contributed by atoms with Crippen molar-refractivity contribution in [2.75, 3.05) is 16.0 Å². The van der Waals surface area contributed by atoms with Gasteiger partial charge < -0.3 is 10.2 Å². The minimum absolute atomic E-state index is 0.0317. The van der Waals surface area contributed by atoms with E-state index in [2.05, 4.69) is 18.3 Å². The first-order chi connectivity index (χ1) is 13.9. The molecule has 0 radical (unpaired) electrons. The van der Waals surface area contributed by atoms with Crippen molar-refractivity contribution in [2.45, 2.75) is 38.3 Å². The summed E-state index contributed by atoms with van der Waals surface area (Å²) >= 11 is 1.44.